The molecule has 0 saturated carbocycles. The molecule has 0 heterocycles. The van der Waals surface area contributed by atoms with E-state index in [1.54, 1.807) is 0 Å². The minimum absolute atomic E-state index is 0.0862. The van der Waals surface area contributed by atoms with E-state index in [2.05, 4.69) is 19.2 Å². The van der Waals surface area contributed by atoms with Crippen LogP contribution in [0.4, 0.5) is 0 Å². The van der Waals surface area contributed by atoms with Crippen LogP contribution in [-0.4, -0.2) is 42.6 Å². The minimum atomic E-state index is -0.560. The van der Waals surface area contributed by atoms with E-state index >= 15 is 0 Å². The quantitative estimate of drug-likeness (QED) is 0.619. The average molecular weight is 295 g/mol. The largest absolute Gasteiger partial charge is 0.491 e. The van der Waals surface area contributed by atoms with Crippen LogP contribution < -0.4 is 10.1 Å². The lowest BCUT2D eigenvalue weighted by molar-refractivity contribution is 0.0863. The van der Waals surface area contributed by atoms with Gasteiger partial charge in [-0.1, -0.05) is 26.0 Å². The Morgan fingerprint density at radius 1 is 1.29 bits per heavy atom. The van der Waals surface area contributed by atoms with Gasteiger partial charge in [0.2, 0.25) is 0 Å². The highest BCUT2D eigenvalue weighted by atomic mass is 16.5. The van der Waals surface area contributed by atoms with Crippen molar-refractivity contribution in [2.24, 2.45) is 5.41 Å². The fourth-order valence-electron chi connectivity index (χ4n) is 2.24. The summed E-state index contributed by atoms with van der Waals surface area (Å²) in [7, 11) is 0. The maximum absolute atomic E-state index is 9.94. The summed E-state index contributed by atoms with van der Waals surface area (Å²) in [6.07, 6.45) is 1.28. The predicted molar refractivity (Wildman–Crippen MR) is 85.7 cm³/mol. The summed E-state index contributed by atoms with van der Waals surface area (Å²) in [4.78, 5) is 0. The van der Waals surface area contributed by atoms with Crippen molar-refractivity contribution < 1.29 is 14.9 Å². The lowest BCUT2D eigenvalue weighted by Crippen LogP contribution is -2.40. The third-order valence-electron chi connectivity index (χ3n) is 4.15. The molecule has 0 aliphatic carbocycles. The van der Waals surface area contributed by atoms with Crippen molar-refractivity contribution in [3.8, 4) is 5.75 Å². The zero-order valence-electron chi connectivity index (χ0n) is 13.4. The summed E-state index contributed by atoms with van der Waals surface area (Å²) < 4.78 is 5.57. The third kappa shape index (κ3) is 6.04. The van der Waals surface area contributed by atoms with E-state index in [9.17, 15) is 10.2 Å². The molecule has 0 aliphatic heterocycles. The summed E-state index contributed by atoms with van der Waals surface area (Å²) in [5.41, 5.74) is 1.05. The smallest absolute Gasteiger partial charge is 0.119 e. The molecule has 0 amide bonds. The van der Waals surface area contributed by atoms with Gasteiger partial charge in [-0.05, 0) is 37.5 Å². The Balaban J connectivity index is 2.29. The summed E-state index contributed by atoms with van der Waals surface area (Å²) in [5.74, 6) is 0.779. The van der Waals surface area contributed by atoms with Gasteiger partial charge in [-0.3, -0.25) is 0 Å². The fraction of sp³-hybridized carbons (Fsp3) is 0.647. The maximum Gasteiger partial charge on any atom is 0.119 e. The number of benzene rings is 1. The van der Waals surface area contributed by atoms with E-state index in [0.717, 1.165) is 24.2 Å². The predicted octanol–water partition coefficient (Wildman–Crippen LogP) is 2.12. The molecule has 0 radical (unpaired) electrons. The van der Waals surface area contributed by atoms with Gasteiger partial charge in [0.05, 0.1) is 0 Å². The van der Waals surface area contributed by atoms with E-state index < -0.39 is 6.10 Å². The molecule has 21 heavy (non-hydrogen) atoms. The van der Waals surface area contributed by atoms with Crippen LogP contribution >= 0.6 is 0 Å². The van der Waals surface area contributed by atoms with E-state index in [1.807, 2.05) is 31.2 Å². The van der Waals surface area contributed by atoms with Crippen molar-refractivity contribution in [2.75, 3.05) is 26.3 Å². The molecule has 0 aromatic heterocycles. The number of ether oxygens (including phenoxy) is 1. The van der Waals surface area contributed by atoms with Crippen LogP contribution in [0.5, 0.6) is 5.75 Å². The first-order valence-electron chi connectivity index (χ1n) is 7.74. The molecule has 3 N–H and O–H groups in total. The Labute approximate surface area is 128 Å². The van der Waals surface area contributed by atoms with Gasteiger partial charge in [0.1, 0.15) is 18.5 Å². The average Bonchev–Trinajstić information content (AvgIpc) is 2.50. The van der Waals surface area contributed by atoms with E-state index in [1.165, 1.54) is 0 Å². The first kappa shape index (κ1) is 18.0. The molecule has 1 aromatic carbocycles. The molecule has 0 spiro atoms. The number of hydrogen-bond donors (Lipinski definition) is 3. The standard InChI is InChI=1S/C17H29NO3/c1-4-17(5-2,13-19)12-18-10-15(20)11-21-16-8-6-7-14(3)9-16/h6-9,15,18-20H,4-5,10-13H2,1-3H3. The second kappa shape index (κ2) is 9.03. The number of aliphatic hydroxyl groups is 2. The Morgan fingerprint density at radius 2 is 2.00 bits per heavy atom. The van der Waals surface area contributed by atoms with E-state index in [-0.39, 0.29) is 18.6 Å². The second-order valence-electron chi connectivity index (χ2n) is 5.78. The SMILES string of the molecule is CCC(CC)(CO)CNCC(O)COc1cccc(C)c1. The van der Waals surface area contributed by atoms with Crippen LogP contribution in [0.25, 0.3) is 0 Å². The summed E-state index contributed by atoms with van der Waals surface area (Å²) in [6, 6.07) is 7.78. The number of rotatable bonds is 10. The second-order valence-corrected chi connectivity index (χ2v) is 5.78. The Morgan fingerprint density at radius 3 is 2.57 bits per heavy atom. The third-order valence-corrected chi connectivity index (χ3v) is 4.15. The lowest BCUT2D eigenvalue weighted by atomic mass is 9.83. The molecule has 4 heteroatoms. The zero-order valence-corrected chi connectivity index (χ0v) is 13.4. The van der Waals surface area contributed by atoms with Crippen molar-refractivity contribution in [2.45, 2.75) is 39.7 Å². The highest BCUT2D eigenvalue weighted by Crippen LogP contribution is 2.24. The topological polar surface area (TPSA) is 61.7 Å². The molecule has 1 aromatic rings. The first-order valence-corrected chi connectivity index (χ1v) is 7.74. The van der Waals surface area contributed by atoms with Gasteiger partial charge in [0.25, 0.3) is 0 Å². The van der Waals surface area contributed by atoms with Crippen LogP contribution in [0.1, 0.15) is 32.3 Å². The molecule has 1 atom stereocenters. The summed E-state index contributed by atoms with van der Waals surface area (Å²) in [6.45, 7) is 7.78. The zero-order chi connectivity index (χ0) is 15.7. The fourth-order valence-corrected chi connectivity index (χ4v) is 2.24. The normalized spacial score (nSPS) is 13.2. The summed E-state index contributed by atoms with van der Waals surface area (Å²) >= 11 is 0. The van der Waals surface area contributed by atoms with Crippen LogP contribution in [0, 0.1) is 12.3 Å². The van der Waals surface area contributed by atoms with Gasteiger partial charge in [-0.25, -0.2) is 0 Å². The molecule has 0 saturated heterocycles. The van der Waals surface area contributed by atoms with Crippen molar-refractivity contribution in [3.63, 3.8) is 0 Å². The summed E-state index contributed by atoms with van der Waals surface area (Å²) in [5, 5.41) is 22.7. The first-order chi connectivity index (χ1) is 10.0. The Kier molecular flexibility index (Phi) is 7.72. The molecular weight excluding hydrogens is 266 g/mol. The van der Waals surface area contributed by atoms with Gasteiger partial charge in [-0.15, -0.1) is 0 Å². The Hall–Kier alpha value is -1.10. The molecule has 4 nitrogen and oxygen atoms in total. The van der Waals surface area contributed by atoms with Crippen LogP contribution in [0.3, 0.4) is 0 Å². The molecule has 0 aliphatic rings. The highest BCUT2D eigenvalue weighted by molar-refractivity contribution is 5.27. The maximum atomic E-state index is 9.94. The molecule has 1 unspecified atom stereocenters. The van der Waals surface area contributed by atoms with Crippen LogP contribution in [-0.2, 0) is 0 Å². The van der Waals surface area contributed by atoms with E-state index in [4.69, 9.17) is 4.74 Å². The molecule has 1 rings (SSSR count). The minimum Gasteiger partial charge on any atom is -0.491 e. The van der Waals surface area contributed by atoms with Gasteiger partial charge >= 0.3 is 0 Å². The van der Waals surface area contributed by atoms with Gasteiger partial charge in [0.15, 0.2) is 0 Å². The van der Waals surface area contributed by atoms with E-state index in [0.29, 0.717) is 13.1 Å². The van der Waals surface area contributed by atoms with Gasteiger partial charge in [-0.2, -0.15) is 0 Å². The van der Waals surface area contributed by atoms with Crippen molar-refractivity contribution >= 4 is 0 Å². The van der Waals surface area contributed by atoms with Crippen LogP contribution in [0.15, 0.2) is 24.3 Å². The van der Waals surface area contributed by atoms with Gasteiger partial charge in [0, 0.05) is 25.1 Å². The van der Waals surface area contributed by atoms with Crippen molar-refractivity contribution in [1.29, 1.82) is 0 Å². The number of aliphatic hydroxyl groups excluding tert-OH is 2. The lowest BCUT2D eigenvalue weighted by Gasteiger charge is -2.30. The number of hydrogen-bond acceptors (Lipinski definition) is 4. The molecule has 0 fully saturated rings. The molecule has 120 valence electrons. The monoisotopic (exact) mass is 295 g/mol. The highest BCUT2D eigenvalue weighted by Gasteiger charge is 2.24. The number of nitrogens with one attached hydrogen (secondary N) is 1. The molecule has 0 bridgehead atoms. The van der Waals surface area contributed by atoms with Crippen molar-refractivity contribution in [3.05, 3.63) is 29.8 Å². The number of aryl methyl sites for hydroxylation is 1. The Bertz CT molecular complexity index is 397. The van der Waals surface area contributed by atoms with Crippen LogP contribution in [0.2, 0.25) is 0 Å². The molecular formula is C17H29NO3. The van der Waals surface area contributed by atoms with Gasteiger partial charge < -0.3 is 20.3 Å². The van der Waals surface area contributed by atoms with Crippen molar-refractivity contribution in [1.82, 2.24) is 5.32 Å².